The van der Waals surface area contributed by atoms with Crippen LogP contribution >= 0.6 is 11.6 Å². The molecule has 18 heavy (non-hydrogen) atoms. The summed E-state index contributed by atoms with van der Waals surface area (Å²) in [7, 11) is 0. The van der Waals surface area contributed by atoms with Gasteiger partial charge in [0.05, 0.1) is 28.3 Å². The summed E-state index contributed by atoms with van der Waals surface area (Å²) < 4.78 is 42.4. The highest BCUT2D eigenvalue weighted by atomic mass is 35.5. The first-order chi connectivity index (χ1) is 8.32. The molecule has 0 spiro atoms. The number of alkyl halides is 3. The predicted octanol–water partition coefficient (Wildman–Crippen LogP) is 3.41. The van der Waals surface area contributed by atoms with E-state index in [-0.39, 0.29) is 12.2 Å². The number of halogens is 4. The molecule has 0 fully saturated rings. The van der Waals surface area contributed by atoms with Gasteiger partial charge in [-0.25, -0.2) is 4.79 Å². The number of hydrogen-bond donors (Lipinski definition) is 0. The molecule has 0 saturated heterocycles. The second-order valence-electron chi connectivity index (χ2n) is 3.18. The standard InChI is InChI=1S/C11H7ClF3NO2/c1-2-18-10(17)8-6(5-16)3-4-7(9(8)12)11(13,14)15/h3-4H,2H2,1H3. The Labute approximate surface area is 106 Å². The lowest BCUT2D eigenvalue weighted by atomic mass is 10.0. The molecule has 1 rings (SSSR count). The van der Waals surface area contributed by atoms with Crippen LogP contribution in [0.25, 0.3) is 0 Å². The van der Waals surface area contributed by atoms with E-state index < -0.39 is 28.3 Å². The van der Waals surface area contributed by atoms with Crippen molar-refractivity contribution in [3.63, 3.8) is 0 Å². The number of benzene rings is 1. The number of nitrogens with zero attached hydrogens (tertiary/aromatic N) is 1. The number of ether oxygens (including phenoxy) is 1. The fourth-order valence-corrected chi connectivity index (χ4v) is 1.64. The number of hydrogen-bond acceptors (Lipinski definition) is 3. The predicted molar refractivity (Wildman–Crippen MR) is 57.1 cm³/mol. The van der Waals surface area contributed by atoms with Crippen molar-refractivity contribution in [2.24, 2.45) is 0 Å². The first-order valence-electron chi connectivity index (χ1n) is 4.79. The molecule has 0 heterocycles. The fourth-order valence-electron chi connectivity index (χ4n) is 1.29. The Bertz CT molecular complexity index is 520. The molecule has 0 saturated carbocycles. The third-order valence-corrected chi connectivity index (χ3v) is 2.44. The lowest BCUT2D eigenvalue weighted by Crippen LogP contribution is -2.13. The molecule has 3 nitrogen and oxygen atoms in total. The van der Waals surface area contributed by atoms with Crippen LogP contribution in [0.1, 0.15) is 28.4 Å². The second-order valence-corrected chi connectivity index (χ2v) is 3.56. The zero-order valence-corrected chi connectivity index (χ0v) is 9.89. The van der Waals surface area contributed by atoms with Crippen molar-refractivity contribution in [2.45, 2.75) is 13.1 Å². The Hall–Kier alpha value is -1.74. The lowest BCUT2D eigenvalue weighted by Gasteiger charge is -2.12. The Morgan fingerprint density at radius 2 is 2.11 bits per heavy atom. The van der Waals surface area contributed by atoms with Crippen molar-refractivity contribution >= 4 is 17.6 Å². The summed E-state index contributed by atoms with van der Waals surface area (Å²) in [5.74, 6) is -1.05. The van der Waals surface area contributed by atoms with Gasteiger partial charge >= 0.3 is 12.1 Å². The van der Waals surface area contributed by atoms with E-state index in [2.05, 4.69) is 4.74 Å². The van der Waals surface area contributed by atoms with Crippen molar-refractivity contribution in [3.05, 3.63) is 33.8 Å². The van der Waals surface area contributed by atoms with E-state index in [4.69, 9.17) is 16.9 Å². The van der Waals surface area contributed by atoms with E-state index in [0.29, 0.717) is 6.07 Å². The Morgan fingerprint density at radius 1 is 1.50 bits per heavy atom. The topological polar surface area (TPSA) is 50.1 Å². The normalized spacial score (nSPS) is 10.9. The summed E-state index contributed by atoms with van der Waals surface area (Å²) in [4.78, 5) is 11.5. The van der Waals surface area contributed by atoms with Crippen LogP contribution in [0.2, 0.25) is 5.02 Å². The van der Waals surface area contributed by atoms with Gasteiger partial charge in [-0.2, -0.15) is 18.4 Å². The summed E-state index contributed by atoms with van der Waals surface area (Å²) in [6, 6.07) is 3.15. The summed E-state index contributed by atoms with van der Waals surface area (Å²) in [6.45, 7) is 1.46. The van der Waals surface area contributed by atoms with E-state index in [1.54, 1.807) is 6.07 Å². The maximum atomic E-state index is 12.6. The van der Waals surface area contributed by atoms with E-state index in [1.165, 1.54) is 6.92 Å². The Kier molecular flexibility index (Phi) is 4.19. The van der Waals surface area contributed by atoms with Crippen LogP contribution in [0.15, 0.2) is 12.1 Å². The summed E-state index contributed by atoms with van der Waals surface area (Å²) in [5, 5.41) is 7.94. The smallest absolute Gasteiger partial charge is 0.417 e. The number of carbonyl (C=O) groups is 1. The van der Waals surface area contributed by atoms with Crippen LogP contribution in [-0.4, -0.2) is 12.6 Å². The minimum atomic E-state index is -4.70. The molecule has 0 atom stereocenters. The molecule has 0 radical (unpaired) electrons. The van der Waals surface area contributed by atoms with Crippen molar-refractivity contribution in [1.82, 2.24) is 0 Å². The van der Waals surface area contributed by atoms with Gasteiger partial charge in [-0.1, -0.05) is 11.6 Å². The molecular formula is C11H7ClF3NO2. The highest BCUT2D eigenvalue weighted by Gasteiger charge is 2.36. The molecule has 96 valence electrons. The van der Waals surface area contributed by atoms with Crippen LogP contribution in [-0.2, 0) is 10.9 Å². The third-order valence-electron chi connectivity index (χ3n) is 2.05. The second kappa shape index (κ2) is 5.27. The van der Waals surface area contributed by atoms with E-state index in [0.717, 1.165) is 6.07 Å². The van der Waals surface area contributed by atoms with Gasteiger partial charge in [0.2, 0.25) is 0 Å². The highest BCUT2D eigenvalue weighted by molar-refractivity contribution is 6.34. The van der Waals surface area contributed by atoms with Gasteiger partial charge in [-0.3, -0.25) is 0 Å². The molecule has 0 aromatic heterocycles. The molecule has 0 amide bonds. The summed E-state index contributed by atoms with van der Waals surface area (Å²) in [6.07, 6.45) is -4.70. The molecule has 1 aromatic rings. The first kappa shape index (κ1) is 14.3. The first-order valence-corrected chi connectivity index (χ1v) is 5.17. The summed E-state index contributed by atoms with van der Waals surface area (Å²) in [5.41, 5.74) is -1.99. The van der Waals surface area contributed by atoms with Crippen molar-refractivity contribution in [2.75, 3.05) is 6.61 Å². The van der Waals surface area contributed by atoms with Crippen LogP contribution in [0, 0.1) is 11.3 Å². The lowest BCUT2D eigenvalue weighted by molar-refractivity contribution is -0.137. The molecular weight excluding hydrogens is 271 g/mol. The maximum absolute atomic E-state index is 12.6. The number of esters is 1. The van der Waals surface area contributed by atoms with E-state index in [1.807, 2.05) is 0 Å². The largest absolute Gasteiger partial charge is 0.462 e. The Balaban J connectivity index is 3.47. The number of carbonyl (C=O) groups excluding carboxylic acids is 1. The third kappa shape index (κ3) is 2.74. The molecule has 7 heteroatoms. The molecule has 0 unspecified atom stereocenters. The van der Waals surface area contributed by atoms with E-state index >= 15 is 0 Å². The average molecular weight is 278 g/mol. The van der Waals surface area contributed by atoms with Gasteiger partial charge in [-0.05, 0) is 19.1 Å². The molecule has 0 aliphatic rings. The molecule has 0 bridgehead atoms. The SMILES string of the molecule is CCOC(=O)c1c(C#N)ccc(C(F)(F)F)c1Cl. The highest BCUT2D eigenvalue weighted by Crippen LogP contribution is 2.37. The molecule has 0 aliphatic carbocycles. The minimum absolute atomic E-state index is 0.0315. The molecule has 1 aromatic carbocycles. The fraction of sp³-hybridized carbons (Fsp3) is 0.273. The van der Waals surface area contributed by atoms with Gasteiger partial charge in [0.25, 0.3) is 0 Å². The minimum Gasteiger partial charge on any atom is -0.462 e. The molecule has 0 aliphatic heterocycles. The van der Waals surface area contributed by atoms with Crippen LogP contribution in [0.5, 0.6) is 0 Å². The van der Waals surface area contributed by atoms with Crippen LogP contribution in [0.3, 0.4) is 0 Å². The zero-order chi connectivity index (χ0) is 13.9. The van der Waals surface area contributed by atoms with Gasteiger partial charge in [0.15, 0.2) is 0 Å². The van der Waals surface area contributed by atoms with E-state index in [9.17, 15) is 18.0 Å². The van der Waals surface area contributed by atoms with Gasteiger partial charge < -0.3 is 4.74 Å². The van der Waals surface area contributed by atoms with Crippen molar-refractivity contribution in [3.8, 4) is 6.07 Å². The average Bonchev–Trinajstić information content (AvgIpc) is 2.26. The van der Waals surface area contributed by atoms with Gasteiger partial charge in [-0.15, -0.1) is 0 Å². The quantitative estimate of drug-likeness (QED) is 0.778. The zero-order valence-electron chi connectivity index (χ0n) is 9.14. The van der Waals surface area contributed by atoms with Gasteiger partial charge in [0.1, 0.15) is 6.07 Å². The van der Waals surface area contributed by atoms with Crippen LogP contribution < -0.4 is 0 Å². The monoisotopic (exact) mass is 277 g/mol. The van der Waals surface area contributed by atoms with Crippen molar-refractivity contribution < 1.29 is 22.7 Å². The summed E-state index contributed by atoms with van der Waals surface area (Å²) >= 11 is 5.54. The van der Waals surface area contributed by atoms with Crippen LogP contribution in [0.4, 0.5) is 13.2 Å². The number of rotatable bonds is 2. The van der Waals surface area contributed by atoms with Gasteiger partial charge in [0, 0.05) is 0 Å². The Morgan fingerprint density at radius 3 is 2.56 bits per heavy atom. The maximum Gasteiger partial charge on any atom is 0.417 e. The molecule has 0 N–H and O–H groups in total. The number of nitriles is 1. The van der Waals surface area contributed by atoms with Crippen molar-refractivity contribution in [1.29, 1.82) is 5.26 Å².